The third-order valence-electron chi connectivity index (χ3n) is 4.06. The smallest absolute Gasteiger partial charge is 0.0575 e. The van der Waals surface area contributed by atoms with Gasteiger partial charge in [-0.25, -0.2) is 0 Å². The van der Waals surface area contributed by atoms with Gasteiger partial charge in [-0.3, -0.25) is 0 Å². The van der Waals surface area contributed by atoms with E-state index in [9.17, 15) is 5.11 Å². The molecule has 0 amide bonds. The molecule has 3 N–H and O–H groups in total. The molecule has 1 unspecified atom stereocenters. The Kier molecular flexibility index (Phi) is 1.91. The first-order valence-corrected chi connectivity index (χ1v) is 5.74. The number of aryl methyl sites for hydroxylation is 1. The van der Waals surface area contributed by atoms with E-state index >= 15 is 0 Å². The van der Waals surface area contributed by atoms with Crippen LogP contribution in [-0.2, 0) is 6.42 Å². The molecule has 1 aromatic carbocycles. The highest BCUT2D eigenvalue weighted by atomic mass is 16.3. The van der Waals surface area contributed by atoms with Gasteiger partial charge in [-0.05, 0) is 36.8 Å². The lowest BCUT2D eigenvalue weighted by molar-refractivity contribution is 0.00881. The van der Waals surface area contributed by atoms with Gasteiger partial charge in [0.2, 0.25) is 0 Å². The van der Waals surface area contributed by atoms with Gasteiger partial charge in [0.25, 0.3) is 0 Å². The molecule has 1 fully saturated rings. The van der Waals surface area contributed by atoms with E-state index in [4.69, 9.17) is 5.73 Å². The van der Waals surface area contributed by atoms with Gasteiger partial charge in [0, 0.05) is 11.5 Å². The third kappa shape index (κ3) is 1.32. The highest BCUT2D eigenvalue weighted by molar-refractivity contribution is 5.38. The minimum atomic E-state index is -0.164. The van der Waals surface area contributed by atoms with Gasteiger partial charge in [0.05, 0.1) is 6.10 Å². The van der Waals surface area contributed by atoms with Gasteiger partial charge in [0.15, 0.2) is 0 Å². The number of nitrogens with two attached hydrogens (primary N) is 1. The quantitative estimate of drug-likeness (QED) is 0.727. The molecule has 2 aliphatic carbocycles. The van der Waals surface area contributed by atoms with E-state index in [2.05, 4.69) is 24.3 Å². The Labute approximate surface area is 90.1 Å². The van der Waals surface area contributed by atoms with Gasteiger partial charge in [-0.15, -0.1) is 0 Å². The standard InChI is InChI=1S/C13H17NO/c14-13(7-10(15)8-13)12-6-5-9-3-1-2-4-11(9)12/h1-4,10,12,15H,5-8,14H2. The van der Waals surface area contributed by atoms with Crippen LogP contribution >= 0.6 is 0 Å². The van der Waals surface area contributed by atoms with Crippen molar-refractivity contribution in [2.45, 2.75) is 43.2 Å². The maximum Gasteiger partial charge on any atom is 0.0575 e. The van der Waals surface area contributed by atoms with Crippen molar-refractivity contribution in [1.29, 1.82) is 0 Å². The van der Waals surface area contributed by atoms with Crippen LogP contribution in [0.3, 0.4) is 0 Å². The molecule has 0 radical (unpaired) electrons. The van der Waals surface area contributed by atoms with E-state index in [-0.39, 0.29) is 11.6 Å². The monoisotopic (exact) mass is 203 g/mol. The summed E-state index contributed by atoms with van der Waals surface area (Å²) in [4.78, 5) is 0. The molecule has 2 aliphatic rings. The van der Waals surface area contributed by atoms with E-state index in [1.165, 1.54) is 11.1 Å². The van der Waals surface area contributed by atoms with Crippen molar-refractivity contribution < 1.29 is 5.11 Å². The van der Waals surface area contributed by atoms with Crippen molar-refractivity contribution in [1.82, 2.24) is 0 Å². The number of aliphatic hydroxyl groups is 1. The summed E-state index contributed by atoms with van der Waals surface area (Å²) < 4.78 is 0. The van der Waals surface area contributed by atoms with E-state index < -0.39 is 0 Å². The molecule has 0 spiro atoms. The van der Waals surface area contributed by atoms with Crippen molar-refractivity contribution in [3.8, 4) is 0 Å². The predicted octanol–water partition coefficient (Wildman–Crippen LogP) is 1.57. The summed E-state index contributed by atoms with van der Waals surface area (Å²) in [7, 11) is 0. The summed E-state index contributed by atoms with van der Waals surface area (Å²) in [6.45, 7) is 0. The van der Waals surface area contributed by atoms with Crippen molar-refractivity contribution >= 4 is 0 Å². The third-order valence-corrected chi connectivity index (χ3v) is 4.06. The summed E-state index contributed by atoms with van der Waals surface area (Å²) in [5.74, 6) is 0.470. The highest BCUT2D eigenvalue weighted by Gasteiger charge is 2.48. The molecule has 0 heterocycles. The Morgan fingerprint density at radius 3 is 2.73 bits per heavy atom. The molecule has 2 nitrogen and oxygen atoms in total. The number of fused-ring (bicyclic) bond motifs is 1. The molecule has 3 rings (SSSR count). The first-order chi connectivity index (χ1) is 7.19. The molecular formula is C13H17NO. The zero-order chi connectivity index (χ0) is 10.5. The first-order valence-electron chi connectivity index (χ1n) is 5.74. The molecule has 2 heteroatoms. The maximum atomic E-state index is 9.41. The molecule has 1 saturated carbocycles. The molecule has 0 bridgehead atoms. The van der Waals surface area contributed by atoms with Crippen molar-refractivity contribution in [2.75, 3.05) is 0 Å². The predicted molar refractivity (Wildman–Crippen MR) is 59.7 cm³/mol. The van der Waals surface area contributed by atoms with E-state index in [0.717, 1.165) is 25.7 Å². The number of hydrogen-bond donors (Lipinski definition) is 2. The normalized spacial score (nSPS) is 38.5. The van der Waals surface area contributed by atoms with Gasteiger partial charge < -0.3 is 10.8 Å². The molecular weight excluding hydrogens is 186 g/mol. The van der Waals surface area contributed by atoms with Crippen LogP contribution in [-0.4, -0.2) is 16.7 Å². The zero-order valence-electron chi connectivity index (χ0n) is 8.82. The number of rotatable bonds is 1. The fourth-order valence-corrected chi connectivity index (χ4v) is 3.26. The number of benzene rings is 1. The average molecular weight is 203 g/mol. The minimum absolute atomic E-state index is 0.133. The lowest BCUT2D eigenvalue weighted by atomic mass is 9.65. The van der Waals surface area contributed by atoms with Crippen molar-refractivity contribution in [2.24, 2.45) is 5.73 Å². The minimum Gasteiger partial charge on any atom is -0.393 e. The summed E-state index contributed by atoms with van der Waals surface area (Å²) in [5, 5.41) is 9.41. The molecule has 1 aromatic rings. The summed E-state index contributed by atoms with van der Waals surface area (Å²) in [6.07, 6.45) is 3.68. The Bertz CT molecular complexity index is 382. The molecule has 0 aliphatic heterocycles. The van der Waals surface area contributed by atoms with Crippen LogP contribution in [0.1, 0.15) is 36.3 Å². The Morgan fingerprint density at radius 2 is 2.00 bits per heavy atom. The van der Waals surface area contributed by atoms with Crippen molar-refractivity contribution in [3.05, 3.63) is 35.4 Å². The second-order valence-corrected chi connectivity index (χ2v) is 5.09. The van der Waals surface area contributed by atoms with Crippen LogP contribution in [0.2, 0.25) is 0 Å². The zero-order valence-corrected chi connectivity index (χ0v) is 8.82. The van der Waals surface area contributed by atoms with Crippen molar-refractivity contribution in [3.63, 3.8) is 0 Å². The van der Waals surface area contributed by atoms with Gasteiger partial charge in [-0.1, -0.05) is 24.3 Å². The lowest BCUT2D eigenvalue weighted by Crippen LogP contribution is -2.57. The van der Waals surface area contributed by atoms with Gasteiger partial charge in [0.1, 0.15) is 0 Å². The van der Waals surface area contributed by atoms with Gasteiger partial charge >= 0.3 is 0 Å². The fraction of sp³-hybridized carbons (Fsp3) is 0.538. The number of hydrogen-bond acceptors (Lipinski definition) is 2. The summed E-state index contributed by atoms with van der Waals surface area (Å²) in [5.41, 5.74) is 9.10. The second-order valence-electron chi connectivity index (χ2n) is 5.09. The molecule has 0 aromatic heterocycles. The lowest BCUT2D eigenvalue weighted by Gasteiger charge is -2.47. The largest absolute Gasteiger partial charge is 0.393 e. The van der Waals surface area contributed by atoms with Crippen LogP contribution in [0, 0.1) is 0 Å². The summed E-state index contributed by atoms with van der Waals surface area (Å²) in [6, 6.07) is 8.59. The molecule has 80 valence electrons. The van der Waals surface area contributed by atoms with Crippen LogP contribution in [0.5, 0.6) is 0 Å². The Morgan fingerprint density at radius 1 is 1.27 bits per heavy atom. The second kappa shape index (κ2) is 3.06. The van der Waals surface area contributed by atoms with Crippen LogP contribution in [0.15, 0.2) is 24.3 Å². The summed E-state index contributed by atoms with van der Waals surface area (Å²) >= 11 is 0. The maximum absolute atomic E-state index is 9.41. The van der Waals surface area contributed by atoms with Crippen LogP contribution in [0.25, 0.3) is 0 Å². The highest BCUT2D eigenvalue weighted by Crippen LogP contribution is 2.47. The van der Waals surface area contributed by atoms with E-state index in [0.29, 0.717) is 5.92 Å². The number of aliphatic hydroxyl groups excluding tert-OH is 1. The van der Waals surface area contributed by atoms with Crippen LogP contribution < -0.4 is 5.73 Å². The first kappa shape index (κ1) is 9.37. The average Bonchev–Trinajstić information content (AvgIpc) is 2.59. The molecule has 15 heavy (non-hydrogen) atoms. The fourth-order valence-electron chi connectivity index (χ4n) is 3.26. The van der Waals surface area contributed by atoms with Crippen LogP contribution in [0.4, 0.5) is 0 Å². The van der Waals surface area contributed by atoms with E-state index in [1.807, 2.05) is 0 Å². The Balaban J connectivity index is 1.91. The molecule has 0 saturated heterocycles. The van der Waals surface area contributed by atoms with E-state index in [1.54, 1.807) is 0 Å². The SMILES string of the molecule is NC1(C2CCc3ccccc32)CC(O)C1. The Hall–Kier alpha value is -0.860. The molecule has 1 atom stereocenters. The topological polar surface area (TPSA) is 46.2 Å². The van der Waals surface area contributed by atoms with Gasteiger partial charge in [-0.2, -0.15) is 0 Å².